The van der Waals surface area contributed by atoms with Gasteiger partial charge in [-0.25, -0.2) is 0 Å². The van der Waals surface area contributed by atoms with Crippen LogP contribution in [0, 0.1) is 13.8 Å². The molecule has 0 amide bonds. The van der Waals surface area contributed by atoms with Gasteiger partial charge in [0.15, 0.2) is 0 Å². The summed E-state index contributed by atoms with van der Waals surface area (Å²) in [5, 5.41) is 0. The molecule has 1 atom stereocenters. The maximum atomic E-state index is 2.46. The Kier molecular flexibility index (Phi) is 5.83. The topological polar surface area (TPSA) is 3.24 Å². The van der Waals surface area contributed by atoms with Crippen LogP contribution in [0.3, 0.4) is 0 Å². The average Bonchev–Trinajstić information content (AvgIpc) is 3.07. The van der Waals surface area contributed by atoms with Crippen molar-refractivity contribution in [3.8, 4) is 11.1 Å². The molecule has 1 aliphatic rings. The van der Waals surface area contributed by atoms with E-state index >= 15 is 0 Å². The van der Waals surface area contributed by atoms with Gasteiger partial charge in [0, 0.05) is 23.3 Å². The zero-order chi connectivity index (χ0) is 24.8. The van der Waals surface area contributed by atoms with Gasteiger partial charge in [0.25, 0.3) is 0 Å². The summed E-state index contributed by atoms with van der Waals surface area (Å²) in [6.07, 6.45) is 1.12. The Morgan fingerprint density at radius 1 is 0.714 bits per heavy atom. The monoisotopic (exact) mass is 459 g/mol. The van der Waals surface area contributed by atoms with Crippen LogP contribution in [0.25, 0.3) is 11.1 Å². The van der Waals surface area contributed by atoms with Crippen molar-refractivity contribution in [2.24, 2.45) is 0 Å². The molecule has 0 saturated heterocycles. The van der Waals surface area contributed by atoms with Gasteiger partial charge in [0.2, 0.25) is 0 Å². The lowest BCUT2D eigenvalue weighted by atomic mass is 9.75. The second kappa shape index (κ2) is 8.72. The Morgan fingerprint density at radius 3 is 2.14 bits per heavy atom. The van der Waals surface area contributed by atoms with Crippen LogP contribution in [0.4, 0.5) is 11.4 Å². The fraction of sp³-hybridized carbons (Fsp3) is 0.294. The molecule has 4 aromatic rings. The van der Waals surface area contributed by atoms with E-state index in [0.717, 1.165) is 13.0 Å². The Hall–Kier alpha value is -3.32. The minimum atomic E-state index is 0.0325. The third-order valence-corrected chi connectivity index (χ3v) is 8.02. The highest BCUT2D eigenvalue weighted by Crippen LogP contribution is 2.53. The molecule has 1 nitrogen and oxygen atoms in total. The maximum Gasteiger partial charge on any atom is 0.0417 e. The van der Waals surface area contributed by atoms with Crippen molar-refractivity contribution in [1.29, 1.82) is 0 Å². The molecule has 0 bridgehead atoms. The van der Waals surface area contributed by atoms with Gasteiger partial charge in [-0.1, -0.05) is 93.1 Å². The van der Waals surface area contributed by atoms with E-state index in [1.807, 2.05) is 0 Å². The Balaban J connectivity index is 1.58. The lowest BCUT2D eigenvalue weighted by Gasteiger charge is -2.29. The summed E-state index contributed by atoms with van der Waals surface area (Å²) in [6.45, 7) is 14.8. The normalized spacial score (nSPS) is 18.3. The lowest BCUT2D eigenvalue weighted by molar-refractivity contribution is 0.425. The van der Waals surface area contributed by atoms with Crippen LogP contribution in [0.5, 0.6) is 0 Å². The minimum Gasteiger partial charge on any atom is -0.342 e. The highest BCUT2D eigenvalue weighted by molar-refractivity contribution is 5.75. The summed E-state index contributed by atoms with van der Waals surface area (Å²) in [7, 11) is 0. The molecule has 0 fully saturated rings. The van der Waals surface area contributed by atoms with Crippen molar-refractivity contribution in [2.75, 3.05) is 11.4 Å². The largest absolute Gasteiger partial charge is 0.342 e. The van der Waals surface area contributed by atoms with Gasteiger partial charge in [-0.05, 0) is 90.3 Å². The summed E-state index contributed by atoms with van der Waals surface area (Å²) in [6, 6.07) is 33.9. The molecule has 0 radical (unpaired) electrons. The van der Waals surface area contributed by atoms with Crippen molar-refractivity contribution in [2.45, 2.75) is 58.8 Å². The quantitative estimate of drug-likeness (QED) is 0.287. The molecule has 0 saturated carbocycles. The second-order valence-electron chi connectivity index (χ2n) is 11.1. The molecular weight excluding hydrogens is 422 g/mol. The first kappa shape index (κ1) is 23.4. The predicted octanol–water partition coefficient (Wildman–Crippen LogP) is 9.12. The molecule has 178 valence electrons. The van der Waals surface area contributed by atoms with Crippen LogP contribution in [-0.2, 0) is 10.8 Å². The third-order valence-electron chi connectivity index (χ3n) is 8.02. The van der Waals surface area contributed by atoms with Gasteiger partial charge in [-0.2, -0.15) is 0 Å². The first-order valence-corrected chi connectivity index (χ1v) is 12.9. The average molecular weight is 460 g/mol. The molecule has 4 aromatic carbocycles. The first-order valence-electron chi connectivity index (χ1n) is 12.9. The van der Waals surface area contributed by atoms with Crippen molar-refractivity contribution in [3.63, 3.8) is 0 Å². The number of aryl methyl sites for hydroxylation is 2. The lowest BCUT2D eigenvalue weighted by Crippen LogP contribution is -2.23. The molecule has 5 rings (SSSR count). The molecule has 35 heavy (non-hydrogen) atoms. The molecule has 1 aliphatic carbocycles. The van der Waals surface area contributed by atoms with Gasteiger partial charge >= 0.3 is 0 Å². The molecule has 0 aromatic heterocycles. The second-order valence-corrected chi connectivity index (χ2v) is 11.1. The van der Waals surface area contributed by atoms with Gasteiger partial charge < -0.3 is 4.90 Å². The highest BCUT2D eigenvalue weighted by Gasteiger charge is 2.45. The van der Waals surface area contributed by atoms with Crippen molar-refractivity contribution >= 4 is 11.4 Å². The molecule has 0 aliphatic heterocycles. The third kappa shape index (κ3) is 4.08. The van der Waals surface area contributed by atoms with Gasteiger partial charge in [0.1, 0.15) is 0 Å². The van der Waals surface area contributed by atoms with Crippen LogP contribution < -0.4 is 4.90 Å². The summed E-state index contributed by atoms with van der Waals surface area (Å²) >= 11 is 0. The van der Waals surface area contributed by atoms with E-state index in [1.54, 1.807) is 0 Å². The smallest absolute Gasteiger partial charge is 0.0417 e. The summed E-state index contributed by atoms with van der Waals surface area (Å²) in [5.74, 6) is 0. The number of rotatable bonds is 5. The van der Waals surface area contributed by atoms with Crippen molar-refractivity contribution < 1.29 is 0 Å². The Bertz CT molecular complexity index is 1360. The van der Waals surface area contributed by atoms with E-state index in [9.17, 15) is 0 Å². The minimum absolute atomic E-state index is 0.0325. The van der Waals surface area contributed by atoms with Gasteiger partial charge in [-0.3, -0.25) is 0 Å². The molecule has 0 N–H and O–H groups in total. The predicted molar refractivity (Wildman–Crippen MR) is 151 cm³/mol. The van der Waals surface area contributed by atoms with E-state index in [2.05, 4.69) is 137 Å². The number of fused-ring (bicyclic) bond motifs is 1. The number of hydrogen-bond donors (Lipinski definition) is 0. The van der Waals surface area contributed by atoms with Crippen LogP contribution in [0.2, 0.25) is 0 Å². The van der Waals surface area contributed by atoms with E-state index in [1.165, 1.54) is 50.3 Å². The molecule has 0 spiro atoms. The maximum absolute atomic E-state index is 2.46. The standard InChI is InChI=1S/C34H37N/c1-7-35(28-17-16-25(3)30(21-28)26-13-9-8-10-14-26)29-18-19-31-32(22-29)33(4,5)23-34(31,6)27-15-11-12-24(2)20-27/h8-22H,7,23H2,1-6H3. The zero-order valence-corrected chi connectivity index (χ0v) is 22.0. The molecule has 1 heteroatoms. The van der Waals surface area contributed by atoms with Crippen molar-refractivity contribution in [3.05, 3.63) is 119 Å². The van der Waals surface area contributed by atoms with Gasteiger partial charge in [0.05, 0.1) is 0 Å². The molecular formula is C34H37N. The number of benzene rings is 4. The number of hydrogen-bond acceptors (Lipinski definition) is 1. The number of nitrogens with zero attached hydrogens (tertiary/aromatic N) is 1. The van der Waals surface area contributed by atoms with Crippen LogP contribution in [-0.4, -0.2) is 6.54 Å². The zero-order valence-electron chi connectivity index (χ0n) is 22.0. The molecule has 1 unspecified atom stereocenters. The SMILES string of the molecule is CCN(c1ccc(C)c(-c2ccccc2)c1)c1ccc2c(c1)C(C)(C)CC2(C)c1cccc(C)c1. The highest BCUT2D eigenvalue weighted by atomic mass is 15.1. The fourth-order valence-electron chi connectivity index (χ4n) is 6.28. The number of anilines is 2. The van der Waals surface area contributed by atoms with E-state index in [4.69, 9.17) is 0 Å². The first-order chi connectivity index (χ1) is 16.7. The Labute approximate surface area is 211 Å². The van der Waals surface area contributed by atoms with Crippen LogP contribution in [0.1, 0.15) is 61.9 Å². The van der Waals surface area contributed by atoms with Crippen LogP contribution >= 0.6 is 0 Å². The summed E-state index contributed by atoms with van der Waals surface area (Å²) in [4.78, 5) is 2.45. The van der Waals surface area contributed by atoms with Crippen LogP contribution in [0.15, 0.2) is 91.0 Å². The fourth-order valence-corrected chi connectivity index (χ4v) is 6.28. The Morgan fingerprint density at radius 2 is 1.43 bits per heavy atom. The van der Waals surface area contributed by atoms with E-state index < -0.39 is 0 Å². The van der Waals surface area contributed by atoms with E-state index in [-0.39, 0.29) is 10.8 Å². The summed E-state index contributed by atoms with van der Waals surface area (Å²) in [5.41, 5.74) is 12.3. The molecule has 0 heterocycles. The summed E-state index contributed by atoms with van der Waals surface area (Å²) < 4.78 is 0. The van der Waals surface area contributed by atoms with Crippen molar-refractivity contribution in [1.82, 2.24) is 0 Å². The van der Waals surface area contributed by atoms with E-state index in [0.29, 0.717) is 0 Å². The van der Waals surface area contributed by atoms with Gasteiger partial charge in [-0.15, -0.1) is 0 Å².